The first-order chi connectivity index (χ1) is 6.74. The summed E-state index contributed by atoms with van der Waals surface area (Å²) in [4.78, 5) is 11.4. The molecule has 1 amide bonds. The van der Waals surface area contributed by atoms with Crippen LogP contribution in [0.2, 0.25) is 0 Å². The highest BCUT2D eigenvalue weighted by molar-refractivity contribution is 7.98. The van der Waals surface area contributed by atoms with E-state index in [2.05, 4.69) is 15.0 Å². The van der Waals surface area contributed by atoms with Gasteiger partial charge in [0.2, 0.25) is 5.91 Å². The first kappa shape index (κ1) is 11.1. The molecule has 0 fully saturated rings. The molecule has 14 heavy (non-hydrogen) atoms. The zero-order valence-electron chi connectivity index (χ0n) is 7.90. The third kappa shape index (κ3) is 3.39. The van der Waals surface area contributed by atoms with Crippen LogP contribution in [0.5, 0.6) is 0 Å². The molecule has 0 aliphatic carbocycles. The Morgan fingerprint density at radius 2 is 2.64 bits per heavy atom. The maximum absolute atomic E-state index is 11.4. The minimum atomic E-state index is -0.475. The molecule has 0 spiro atoms. The van der Waals surface area contributed by atoms with E-state index in [0.717, 1.165) is 5.75 Å². The number of carbonyl (C=O) groups excluding carboxylic acids is 1. The van der Waals surface area contributed by atoms with Crippen LogP contribution >= 0.6 is 11.8 Å². The summed E-state index contributed by atoms with van der Waals surface area (Å²) in [6.07, 6.45) is 5.43. The van der Waals surface area contributed by atoms with Crippen molar-refractivity contribution in [2.75, 3.05) is 17.3 Å². The number of hydrogen-bond donors (Lipinski definition) is 2. The Morgan fingerprint density at radius 3 is 3.21 bits per heavy atom. The van der Waals surface area contributed by atoms with Crippen LogP contribution in [0.4, 0.5) is 5.69 Å². The van der Waals surface area contributed by atoms with Crippen molar-refractivity contribution in [3.05, 3.63) is 12.5 Å². The van der Waals surface area contributed by atoms with Gasteiger partial charge in [-0.05, 0) is 18.4 Å². The second-order valence-electron chi connectivity index (χ2n) is 2.79. The van der Waals surface area contributed by atoms with E-state index in [1.54, 1.807) is 11.8 Å². The Balaban J connectivity index is 2.34. The molecule has 0 aliphatic rings. The van der Waals surface area contributed by atoms with Crippen molar-refractivity contribution >= 4 is 23.4 Å². The van der Waals surface area contributed by atoms with Gasteiger partial charge in [-0.3, -0.25) is 4.79 Å². The highest BCUT2D eigenvalue weighted by atomic mass is 32.2. The van der Waals surface area contributed by atoms with Gasteiger partial charge in [0, 0.05) is 0 Å². The summed E-state index contributed by atoms with van der Waals surface area (Å²) < 4.78 is 4.57. The molecular formula is C8H13N3O2S. The molecule has 1 atom stereocenters. The van der Waals surface area contributed by atoms with Gasteiger partial charge < -0.3 is 15.6 Å². The van der Waals surface area contributed by atoms with E-state index in [9.17, 15) is 4.79 Å². The van der Waals surface area contributed by atoms with Crippen molar-refractivity contribution < 1.29 is 9.32 Å². The van der Waals surface area contributed by atoms with E-state index in [1.807, 2.05) is 6.26 Å². The Morgan fingerprint density at radius 1 is 1.86 bits per heavy atom. The number of nitrogens with two attached hydrogens (primary N) is 1. The Bertz CT molecular complexity index is 276. The number of aromatic nitrogens is 1. The molecule has 78 valence electrons. The van der Waals surface area contributed by atoms with Gasteiger partial charge in [0.15, 0.2) is 0 Å². The van der Waals surface area contributed by atoms with E-state index in [4.69, 9.17) is 5.73 Å². The zero-order chi connectivity index (χ0) is 10.4. The minimum Gasteiger partial charge on any atom is -0.363 e. The molecule has 1 aromatic rings. The number of anilines is 1. The van der Waals surface area contributed by atoms with Crippen molar-refractivity contribution in [1.82, 2.24) is 5.16 Å². The average Bonchev–Trinajstić information content (AvgIpc) is 2.66. The molecule has 6 heteroatoms. The molecule has 1 heterocycles. The van der Waals surface area contributed by atoms with E-state index in [1.165, 1.54) is 12.5 Å². The number of thioether (sulfide) groups is 1. The van der Waals surface area contributed by atoms with E-state index >= 15 is 0 Å². The molecule has 0 saturated carbocycles. The normalized spacial score (nSPS) is 12.4. The molecule has 1 aromatic heterocycles. The van der Waals surface area contributed by atoms with E-state index < -0.39 is 6.04 Å². The first-order valence-electron chi connectivity index (χ1n) is 4.19. The third-order valence-electron chi connectivity index (χ3n) is 1.67. The zero-order valence-corrected chi connectivity index (χ0v) is 8.71. The predicted octanol–water partition coefficient (Wildman–Crippen LogP) is 0.693. The van der Waals surface area contributed by atoms with E-state index in [-0.39, 0.29) is 5.91 Å². The largest absolute Gasteiger partial charge is 0.363 e. The molecule has 0 aliphatic heterocycles. The van der Waals surface area contributed by atoms with Gasteiger partial charge in [-0.2, -0.15) is 11.8 Å². The maximum Gasteiger partial charge on any atom is 0.241 e. The van der Waals surface area contributed by atoms with Gasteiger partial charge >= 0.3 is 0 Å². The fraction of sp³-hybridized carbons (Fsp3) is 0.500. The quantitative estimate of drug-likeness (QED) is 0.755. The first-order valence-corrected chi connectivity index (χ1v) is 5.58. The second kappa shape index (κ2) is 5.66. The lowest BCUT2D eigenvalue weighted by atomic mass is 10.2. The lowest BCUT2D eigenvalue weighted by molar-refractivity contribution is -0.117. The Hall–Kier alpha value is -1.01. The van der Waals surface area contributed by atoms with E-state index in [0.29, 0.717) is 12.1 Å². The summed E-state index contributed by atoms with van der Waals surface area (Å²) in [6.45, 7) is 0. The summed E-state index contributed by atoms with van der Waals surface area (Å²) in [6, 6.07) is -0.475. The van der Waals surface area contributed by atoms with Gasteiger partial charge in [-0.1, -0.05) is 5.16 Å². The van der Waals surface area contributed by atoms with Crippen molar-refractivity contribution in [3.63, 3.8) is 0 Å². The monoisotopic (exact) mass is 215 g/mol. The topological polar surface area (TPSA) is 81.2 Å². The number of carbonyl (C=O) groups is 1. The van der Waals surface area contributed by atoms with Crippen molar-refractivity contribution in [2.24, 2.45) is 5.73 Å². The fourth-order valence-corrected chi connectivity index (χ4v) is 1.37. The Labute approximate surface area is 86.4 Å². The van der Waals surface area contributed by atoms with Crippen LogP contribution in [0.25, 0.3) is 0 Å². The fourth-order valence-electron chi connectivity index (χ4n) is 0.877. The van der Waals surface area contributed by atoms with Crippen LogP contribution in [0.1, 0.15) is 6.42 Å². The number of nitrogens with one attached hydrogen (secondary N) is 1. The number of hydrogen-bond acceptors (Lipinski definition) is 5. The minimum absolute atomic E-state index is 0.206. The molecule has 0 aromatic carbocycles. The maximum atomic E-state index is 11.4. The van der Waals surface area contributed by atoms with Gasteiger partial charge in [0.25, 0.3) is 0 Å². The molecule has 1 rings (SSSR count). The third-order valence-corrected chi connectivity index (χ3v) is 2.31. The van der Waals surface area contributed by atoms with Gasteiger partial charge in [-0.25, -0.2) is 0 Å². The van der Waals surface area contributed by atoms with Crippen molar-refractivity contribution in [2.45, 2.75) is 12.5 Å². The molecular weight excluding hydrogens is 202 g/mol. The van der Waals surface area contributed by atoms with Crippen LogP contribution in [-0.2, 0) is 4.79 Å². The SMILES string of the molecule is CSCC[C@@H](N)C(=O)Nc1cnoc1. The molecule has 0 unspecified atom stereocenters. The number of nitrogens with zero attached hydrogens (tertiary/aromatic N) is 1. The predicted molar refractivity (Wildman–Crippen MR) is 56.1 cm³/mol. The lowest BCUT2D eigenvalue weighted by Crippen LogP contribution is -2.35. The summed E-state index contributed by atoms with van der Waals surface area (Å²) in [5.74, 6) is 0.667. The van der Waals surface area contributed by atoms with Crippen molar-refractivity contribution in [3.8, 4) is 0 Å². The summed E-state index contributed by atoms with van der Waals surface area (Å²) in [7, 11) is 0. The standard InChI is InChI=1S/C8H13N3O2S/c1-14-3-2-7(9)8(12)11-6-4-10-13-5-6/h4-5,7H,2-3,9H2,1H3,(H,11,12)/t7-/m1/s1. The van der Waals surface area contributed by atoms with Crippen LogP contribution < -0.4 is 11.1 Å². The van der Waals surface area contributed by atoms with Crippen molar-refractivity contribution in [1.29, 1.82) is 0 Å². The van der Waals surface area contributed by atoms with Gasteiger partial charge in [-0.15, -0.1) is 0 Å². The van der Waals surface area contributed by atoms with Gasteiger partial charge in [0.1, 0.15) is 12.0 Å². The molecule has 0 saturated heterocycles. The molecule has 5 nitrogen and oxygen atoms in total. The van der Waals surface area contributed by atoms with Crippen LogP contribution in [0.15, 0.2) is 17.0 Å². The highest BCUT2D eigenvalue weighted by Crippen LogP contribution is 2.05. The van der Waals surface area contributed by atoms with Gasteiger partial charge in [0.05, 0.1) is 12.2 Å². The smallest absolute Gasteiger partial charge is 0.241 e. The summed E-state index contributed by atoms with van der Waals surface area (Å²) >= 11 is 1.66. The van der Waals surface area contributed by atoms with Crippen LogP contribution in [-0.4, -0.2) is 29.1 Å². The second-order valence-corrected chi connectivity index (χ2v) is 3.78. The molecule has 0 bridgehead atoms. The highest BCUT2D eigenvalue weighted by Gasteiger charge is 2.13. The summed E-state index contributed by atoms with van der Waals surface area (Å²) in [5.41, 5.74) is 6.18. The summed E-state index contributed by atoms with van der Waals surface area (Å²) in [5, 5.41) is 6.06. The number of amides is 1. The van der Waals surface area contributed by atoms with Crippen LogP contribution in [0, 0.1) is 0 Å². The number of rotatable bonds is 5. The van der Waals surface area contributed by atoms with Crippen LogP contribution in [0.3, 0.4) is 0 Å². The Kier molecular flexibility index (Phi) is 4.48. The molecule has 3 N–H and O–H groups in total. The lowest BCUT2D eigenvalue weighted by Gasteiger charge is -2.09. The average molecular weight is 215 g/mol. The molecule has 0 radical (unpaired) electrons.